The smallest absolute Gasteiger partial charge is 0.266 e. The number of carbonyl (C=O) groups is 1. The van der Waals surface area contributed by atoms with Gasteiger partial charge in [-0.15, -0.1) is 0 Å². The van der Waals surface area contributed by atoms with Gasteiger partial charge in [0.2, 0.25) is 0 Å². The molecule has 0 bridgehead atoms. The highest BCUT2D eigenvalue weighted by Gasteiger charge is 2.31. The number of hydrogen-bond acceptors (Lipinski definition) is 3. The lowest BCUT2D eigenvalue weighted by atomic mass is 10.1. The molecule has 0 radical (unpaired) electrons. The fraction of sp³-hybridized carbons (Fsp3) is 0.125. The molecule has 0 unspecified atom stereocenters. The molecule has 1 aromatic heterocycles. The first kappa shape index (κ1) is 14.1. The van der Waals surface area contributed by atoms with Crippen molar-refractivity contribution in [3.05, 3.63) is 64.8 Å². The quantitative estimate of drug-likeness (QED) is 0.693. The van der Waals surface area contributed by atoms with E-state index in [1.54, 1.807) is 4.90 Å². The van der Waals surface area contributed by atoms with Gasteiger partial charge in [-0.1, -0.05) is 54.3 Å². The first-order valence-corrected chi connectivity index (χ1v) is 7.89. The Morgan fingerprint density at radius 1 is 1.19 bits per heavy atom. The molecule has 21 heavy (non-hydrogen) atoms. The number of aromatic nitrogens is 1. The second-order valence-corrected chi connectivity index (χ2v) is 6.37. The van der Waals surface area contributed by atoms with Gasteiger partial charge in [0.15, 0.2) is 0 Å². The van der Waals surface area contributed by atoms with E-state index in [0.717, 1.165) is 12.1 Å². The number of hydrogen-bond donors (Lipinski definition) is 1. The van der Waals surface area contributed by atoms with Crippen LogP contribution >= 0.6 is 24.0 Å². The van der Waals surface area contributed by atoms with Gasteiger partial charge in [-0.05, 0) is 30.2 Å². The average Bonchev–Trinajstić information content (AvgIpc) is 3.09. The van der Waals surface area contributed by atoms with Crippen LogP contribution in [0.1, 0.15) is 11.3 Å². The van der Waals surface area contributed by atoms with Crippen LogP contribution in [-0.4, -0.2) is 26.7 Å². The van der Waals surface area contributed by atoms with Crippen LogP contribution in [0.15, 0.2) is 53.6 Å². The summed E-state index contributed by atoms with van der Waals surface area (Å²) in [5, 5.41) is 0. The molecule has 1 aliphatic heterocycles. The molecule has 0 atom stereocenters. The normalized spacial score (nSPS) is 17.0. The van der Waals surface area contributed by atoms with Gasteiger partial charge in [-0.3, -0.25) is 9.69 Å². The van der Waals surface area contributed by atoms with Crippen molar-refractivity contribution in [1.82, 2.24) is 9.88 Å². The number of thiocarbonyl (C=S) groups is 1. The Labute approximate surface area is 133 Å². The number of benzene rings is 1. The summed E-state index contributed by atoms with van der Waals surface area (Å²) >= 11 is 6.69. The third-order valence-corrected chi connectivity index (χ3v) is 4.63. The second-order valence-electron chi connectivity index (χ2n) is 4.69. The van der Waals surface area contributed by atoms with Crippen LogP contribution < -0.4 is 0 Å². The zero-order valence-electron chi connectivity index (χ0n) is 11.3. The van der Waals surface area contributed by atoms with Crippen molar-refractivity contribution in [2.24, 2.45) is 0 Å². The molecule has 3 nitrogen and oxygen atoms in total. The van der Waals surface area contributed by atoms with Crippen LogP contribution in [-0.2, 0) is 11.2 Å². The molecule has 1 fully saturated rings. The van der Waals surface area contributed by atoms with E-state index >= 15 is 0 Å². The van der Waals surface area contributed by atoms with E-state index in [-0.39, 0.29) is 5.91 Å². The lowest BCUT2D eigenvalue weighted by Crippen LogP contribution is -2.30. The summed E-state index contributed by atoms with van der Waals surface area (Å²) in [4.78, 5) is 17.8. The molecule has 0 saturated carbocycles. The van der Waals surface area contributed by atoms with Crippen LogP contribution in [0.25, 0.3) is 6.08 Å². The number of rotatable bonds is 4. The first-order valence-electron chi connectivity index (χ1n) is 6.67. The Morgan fingerprint density at radius 2 is 2.00 bits per heavy atom. The van der Waals surface area contributed by atoms with Gasteiger partial charge in [0, 0.05) is 18.4 Å². The van der Waals surface area contributed by atoms with Gasteiger partial charge in [-0.25, -0.2) is 0 Å². The van der Waals surface area contributed by atoms with E-state index in [1.165, 1.54) is 17.3 Å². The maximum absolute atomic E-state index is 12.4. The molecule has 0 spiro atoms. The summed E-state index contributed by atoms with van der Waals surface area (Å²) in [6.45, 7) is 0.622. The summed E-state index contributed by atoms with van der Waals surface area (Å²) in [5.74, 6) is -0.00414. The zero-order valence-corrected chi connectivity index (χ0v) is 12.9. The van der Waals surface area contributed by atoms with Crippen molar-refractivity contribution in [3.63, 3.8) is 0 Å². The van der Waals surface area contributed by atoms with Crippen LogP contribution in [0.3, 0.4) is 0 Å². The summed E-state index contributed by atoms with van der Waals surface area (Å²) in [6.07, 6.45) is 4.49. The summed E-state index contributed by atoms with van der Waals surface area (Å²) < 4.78 is 0.633. The predicted molar refractivity (Wildman–Crippen MR) is 90.8 cm³/mol. The molecular formula is C16H14N2OS2. The first-order chi connectivity index (χ1) is 10.2. The van der Waals surface area contributed by atoms with Crippen molar-refractivity contribution >= 4 is 40.3 Å². The standard InChI is InChI=1S/C16H14N2OS2/c19-15-14(11-13-7-4-9-17-13)21-16(20)18(15)10-8-12-5-2-1-3-6-12/h1-7,9,11,17H,8,10H2. The van der Waals surface area contributed by atoms with Crippen LogP contribution in [0.5, 0.6) is 0 Å². The third kappa shape index (κ3) is 3.25. The van der Waals surface area contributed by atoms with Crippen molar-refractivity contribution < 1.29 is 4.79 Å². The monoisotopic (exact) mass is 314 g/mol. The van der Waals surface area contributed by atoms with E-state index in [9.17, 15) is 4.79 Å². The van der Waals surface area contributed by atoms with E-state index in [2.05, 4.69) is 17.1 Å². The van der Waals surface area contributed by atoms with Gasteiger partial charge < -0.3 is 4.98 Å². The summed E-state index contributed by atoms with van der Waals surface area (Å²) in [6, 6.07) is 14.0. The fourth-order valence-electron chi connectivity index (χ4n) is 2.15. The minimum Gasteiger partial charge on any atom is -0.362 e. The highest BCUT2D eigenvalue weighted by Crippen LogP contribution is 2.32. The predicted octanol–water partition coefficient (Wildman–Crippen LogP) is 3.46. The topological polar surface area (TPSA) is 36.1 Å². The molecule has 106 valence electrons. The van der Waals surface area contributed by atoms with Gasteiger partial charge >= 0.3 is 0 Å². The molecule has 1 saturated heterocycles. The maximum atomic E-state index is 12.4. The van der Waals surface area contributed by atoms with Crippen LogP contribution in [0.2, 0.25) is 0 Å². The average molecular weight is 314 g/mol. The minimum absolute atomic E-state index is 0.00414. The van der Waals surface area contributed by atoms with E-state index < -0.39 is 0 Å². The molecule has 0 aliphatic carbocycles. The van der Waals surface area contributed by atoms with E-state index in [0.29, 0.717) is 15.8 Å². The molecule has 1 aliphatic rings. The number of nitrogens with zero attached hydrogens (tertiary/aromatic N) is 1. The van der Waals surface area contributed by atoms with Crippen molar-refractivity contribution in [2.45, 2.75) is 6.42 Å². The molecule has 2 heterocycles. The van der Waals surface area contributed by atoms with Crippen LogP contribution in [0, 0.1) is 0 Å². The Bertz CT molecular complexity index is 678. The second kappa shape index (κ2) is 6.28. The number of H-pyrrole nitrogens is 1. The number of thioether (sulfide) groups is 1. The molecule has 3 rings (SSSR count). The van der Waals surface area contributed by atoms with Gasteiger partial charge in [-0.2, -0.15) is 0 Å². The SMILES string of the molecule is O=C1C(=Cc2ccc[nH]2)SC(=S)N1CCc1ccccc1. The van der Waals surface area contributed by atoms with Crippen molar-refractivity contribution in [3.8, 4) is 0 Å². The van der Waals surface area contributed by atoms with E-state index in [4.69, 9.17) is 12.2 Å². The molecule has 1 N–H and O–H groups in total. The Morgan fingerprint density at radius 3 is 2.71 bits per heavy atom. The zero-order chi connectivity index (χ0) is 14.7. The molecule has 2 aromatic rings. The Kier molecular flexibility index (Phi) is 4.22. The summed E-state index contributed by atoms with van der Waals surface area (Å²) in [7, 11) is 0. The Balaban J connectivity index is 1.69. The lowest BCUT2D eigenvalue weighted by Gasteiger charge is -2.14. The van der Waals surface area contributed by atoms with Gasteiger partial charge in [0.25, 0.3) is 5.91 Å². The number of amides is 1. The molecule has 5 heteroatoms. The Hall–Kier alpha value is -1.85. The number of carbonyl (C=O) groups excluding carboxylic acids is 1. The lowest BCUT2D eigenvalue weighted by molar-refractivity contribution is -0.122. The highest BCUT2D eigenvalue weighted by atomic mass is 32.2. The number of aromatic amines is 1. The maximum Gasteiger partial charge on any atom is 0.266 e. The van der Waals surface area contributed by atoms with Gasteiger partial charge in [0.1, 0.15) is 4.32 Å². The number of nitrogens with one attached hydrogen (secondary N) is 1. The van der Waals surface area contributed by atoms with Crippen molar-refractivity contribution in [1.29, 1.82) is 0 Å². The molecule has 1 amide bonds. The van der Waals surface area contributed by atoms with Crippen molar-refractivity contribution in [2.75, 3.05) is 6.54 Å². The molecular weight excluding hydrogens is 300 g/mol. The third-order valence-electron chi connectivity index (χ3n) is 3.25. The fourth-order valence-corrected chi connectivity index (χ4v) is 3.45. The largest absolute Gasteiger partial charge is 0.362 e. The van der Waals surface area contributed by atoms with Crippen LogP contribution in [0.4, 0.5) is 0 Å². The molecule has 1 aromatic carbocycles. The van der Waals surface area contributed by atoms with Gasteiger partial charge in [0.05, 0.1) is 4.91 Å². The van der Waals surface area contributed by atoms with E-state index in [1.807, 2.05) is 42.6 Å². The summed E-state index contributed by atoms with van der Waals surface area (Å²) in [5.41, 5.74) is 2.12. The highest BCUT2D eigenvalue weighted by molar-refractivity contribution is 8.26. The minimum atomic E-state index is -0.00414.